The van der Waals surface area contributed by atoms with Crippen molar-refractivity contribution in [3.8, 4) is 17.6 Å². The van der Waals surface area contributed by atoms with E-state index in [2.05, 4.69) is 5.32 Å². The van der Waals surface area contributed by atoms with Crippen molar-refractivity contribution in [2.75, 3.05) is 5.32 Å². The topological polar surface area (TPSA) is 88.1 Å². The molecule has 6 heteroatoms. The Morgan fingerprint density at radius 1 is 1.35 bits per heavy atom. The number of nitrogens with two attached hydrogens (primary N) is 1. The predicted molar refractivity (Wildman–Crippen MR) is 84.5 cm³/mol. The lowest BCUT2D eigenvalue weighted by molar-refractivity contribution is -0.118. The maximum absolute atomic E-state index is 14.2. The molecule has 0 aromatic heterocycles. The average Bonchev–Trinajstić information content (AvgIpc) is 2.55. The van der Waals surface area contributed by atoms with Crippen molar-refractivity contribution in [2.24, 2.45) is 5.73 Å². The van der Waals surface area contributed by atoms with Gasteiger partial charge in [-0.2, -0.15) is 5.26 Å². The number of anilines is 1. The summed E-state index contributed by atoms with van der Waals surface area (Å²) in [6.07, 6.45) is 0.491. The highest BCUT2D eigenvalue weighted by atomic mass is 19.1. The van der Waals surface area contributed by atoms with E-state index in [0.29, 0.717) is 17.7 Å². The molecule has 0 radical (unpaired) electrons. The summed E-state index contributed by atoms with van der Waals surface area (Å²) in [4.78, 5) is 11.2. The molecule has 2 aromatic rings. The Labute approximate surface area is 133 Å². The molecule has 0 aliphatic carbocycles. The Morgan fingerprint density at radius 2 is 2.09 bits per heavy atom. The second kappa shape index (κ2) is 7.27. The number of nitrogens with zero attached hydrogens (tertiary/aromatic N) is 1. The van der Waals surface area contributed by atoms with Crippen molar-refractivity contribution in [3.05, 3.63) is 53.8 Å². The first-order valence-corrected chi connectivity index (χ1v) is 7.07. The zero-order valence-corrected chi connectivity index (χ0v) is 12.5. The molecule has 5 nitrogen and oxygen atoms in total. The van der Waals surface area contributed by atoms with E-state index in [-0.39, 0.29) is 11.5 Å². The van der Waals surface area contributed by atoms with Crippen LogP contribution in [0, 0.1) is 17.1 Å². The normalized spacial score (nSPS) is 11.3. The molecule has 3 N–H and O–H groups in total. The Bertz CT molecular complexity index is 756. The molecule has 0 aliphatic heterocycles. The highest BCUT2D eigenvalue weighted by Crippen LogP contribution is 2.29. The monoisotopic (exact) mass is 313 g/mol. The zero-order chi connectivity index (χ0) is 16.8. The van der Waals surface area contributed by atoms with Gasteiger partial charge in [-0.15, -0.1) is 0 Å². The van der Waals surface area contributed by atoms with Gasteiger partial charge in [0.05, 0.1) is 5.56 Å². The summed E-state index contributed by atoms with van der Waals surface area (Å²) in [5, 5.41) is 11.9. The van der Waals surface area contributed by atoms with E-state index in [0.717, 1.165) is 0 Å². The summed E-state index contributed by atoms with van der Waals surface area (Å²) < 4.78 is 19.6. The quantitative estimate of drug-likeness (QED) is 0.857. The lowest BCUT2D eigenvalue weighted by atomic mass is 10.2. The number of amides is 1. The van der Waals surface area contributed by atoms with Crippen LogP contribution in [0.15, 0.2) is 42.5 Å². The van der Waals surface area contributed by atoms with Gasteiger partial charge in [0.2, 0.25) is 5.91 Å². The van der Waals surface area contributed by atoms with Gasteiger partial charge < -0.3 is 15.8 Å². The third kappa shape index (κ3) is 3.98. The van der Waals surface area contributed by atoms with E-state index in [4.69, 9.17) is 15.7 Å². The molecule has 0 aliphatic rings. The maximum atomic E-state index is 14.2. The first-order chi connectivity index (χ1) is 11.0. The van der Waals surface area contributed by atoms with Gasteiger partial charge in [-0.05, 0) is 30.7 Å². The Morgan fingerprint density at radius 3 is 2.70 bits per heavy atom. The molecule has 23 heavy (non-hydrogen) atoms. The van der Waals surface area contributed by atoms with Crippen LogP contribution in [0.1, 0.15) is 18.9 Å². The van der Waals surface area contributed by atoms with Gasteiger partial charge in [0.1, 0.15) is 17.9 Å². The number of carbonyl (C=O) groups is 1. The highest BCUT2D eigenvalue weighted by molar-refractivity contribution is 5.82. The number of nitriles is 1. The van der Waals surface area contributed by atoms with Crippen molar-refractivity contribution < 1.29 is 13.9 Å². The van der Waals surface area contributed by atoms with Crippen molar-refractivity contribution in [1.82, 2.24) is 0 Å². The van der Waals surface area contributed by atoms with Crippen molar-refractivity contribution in [1.29, 1.82) is 5.26 Å². The molecule has 2 aromatic carbocycles. The summed E-state index contributed by atoms with van der Waals surface area (Å²) in [5.74, 6) is -0.846. The van der Waals surface area contributed by atoms with Crippen LogP contribution in [-0.4, -0.2) is 11.9 Å². The highest BCUT2D eigenvalue weighted by Gasteiger charge is 2.14. The molecule has 2 rings (SSSR count). The largest absolute Gasteiger partial charge is 0.453 e. The Kier molecular flexibility index (Phi) is 5.15. The number of carbonyl (C=O) groups excluding carboxylic acids is 1. The third-order valence-electron chi connectivity index (χ3n) is 3.25. The van der Waals surface area contributed by atoms with Crippen LogP contribution in [0.4, 0.5) is 10.1 Å². The van der Waals surface area contributed by atoms with E-state index in [1.54, 1.807) is 37.3 Å². The van der Waals surface area contributed by atoms with Crippen LogP contribution in [0.2, 0.25) is 0 Å². The SMILES string of the molecule is CCC(Nc1ccc(Oc2ccccc2C#N)c(F)c1)C(N)=O. The molecule has 0 spiro atoms. The standard InChI is InChI=1S/C17H16FN3O2/c1-2-14(17(20)22)21-12-7-8-16(13(18)9-12)23-15-6-4-3-5-11(15)10-19/h3-9,14,21H,2H2,1H3,(H2,20,22). The van der Waals surface area contributed by atoms with Gasteiger partial charge in [-0.3, -0.25) is 4.79 Å². The predicted octanol–water partition coefficient (Wildman–Crippen LogP) is 3.17. The molecule has 1 atom stereocenters. The van der Waals surface area contributed by atoms with Crippen LogP contribution >= 0.6 is 0 Å². The summed E-state index contributed by atoms with van der Waals surface area (Å²) in [6, 6.07) is 12.2. The van der Waals surface area contributed by atoms with Crippen LogP contribution < -0.4 is 15.8 Å². The summed E-state index contributed by atoms with van der Waals surface area (Å²) in [6.45, 7) is 1.80. The second-order valence-electron chi connectivity index (χ2n) is 4.86. The van der Waals surface area contributed by atoms with E-state index in [1.165, 1.54) is 12.1 Å². The Balaban J connectivity index is 2.20. The fraction of sp³-hybridized carbons (Fsp3) is 0.176. The van der Waals surface area contributed by atoms with Crippen molar-refractivity contribution >= 4 is 11.6 Å². The number of benzene rings is 2. The van der Waals surface area contributed by atoms with E-state index in [1.807, 2.05) is 6.07 Å². The smallest absolute Gasteiger partial charge is 0.239 e. The fourth-order valence-corrected chi connectivity index (χ4v) is 2.02. The lowest BCUT2D eigenvalue weighted by Gasteiger charge is -2.15. The first-order valence-electron chi connectivity index (χ1n) is 7.07. The van der Waals surface area contributed by atoms with Crippen LogP contribution in [0.25, 0.3) is 0 Å². The number of nitrogens with one attached hydrogen (secondary N) is 1. The lowest BCUT2D eigenvalue weighted by Crippen LogP contribution is -2.34. The van der Waals surface area contributed by atoms with Gasteiger partial charge in [0.15, 0.2) is 11.6 Å². The third-order valence-corrected chi connectivity index (χ3v) is 3.25. The molecular weight excluding hydrogens is 297 g/mol. The summed E-state index contributed by atoms with van der Waals surface area (Å²) in [5.41, 5.74) is 5.99. The number of halogens is 1. The van der Waals surface area contributed by atoms with Gasteiger partial charge in [0.25, 0.3) is 0 Å². The van der Waals surface area contributed by atoms with Gasteiger partial charge in [0, 0.05) is 11.8 Å². The van der Waals surface area contributed by atoms with Gasteiger partial charge >= 0.3 is 0 Å². The van der Waals surface area contributed by atoms with Crippen LogP contribution in [0.5, 0.6) is 11.5 Å². The number of primary amides is 1. The fourth-order valence-electron chi connectivity index (χ4n) is 2.02. The van der Waals surface area contributed by atoms with Crippen molar-refractivity contribution in [3.63, 3.8) is 0 Å². The minimum absolute atomic E-state index is 0.00891. The molecule has 1 amide bonds. The molecule has 0 heterocycles. The molecule has 0 fully saturated rings. The number of rotatable bonds is 6. The van der Waals surface area contributed by atoms with Gasteiger partial charge in [-0.1, -0.05) is 19.1 Å². The minimum atomic E-state index is -0.609. The first kappa shape index (κ1) is 16.3. The van der Waals surface area contributed by atoms with E-state index in [9.17, 15) is 9.18 Å². The zero-order valence-electron chi connectivity index (χ0n) is 12.5. The number of hydrogen-bond donors (Lipinski definition) is 2. The minimum Gasteiger partial charge on any atom is -0.453 e. The molecular formula is C17H16FN3O2. The Hall–Kier alpha value is -3.07. The molecule has 0 saturated heterocycles. The molecule has 0 saturated carbocycles. The van der Waals surface area contributed by atoms with Crippen molar-refractivity contribution in [2.45, 2.75) is 19.4 Å². The number of ether oxygens (including phenoxy) is 1. The van der Waals surface area contributed by atoms with Crippen LogP contribution in [0.3, 0.4) is 0 Å². The molecule has 118 valence electrons. The number of para-hydroxylation sites is 1. The maximum Gasteiger partial charge on any atom is 0.239 e. The summed E-state index contributed by atoms with van der Waals surface area (Å²) in [7, 11) is 0. The second-order valence-corrected chi connectivity index (χ2v) is 4.86. The van der Waals surface area contributed by atoms with E-state index >= 15 is 0 Å². The molecule has 1 unspecified atom stereocenters. The van der Waals surface area contributed by atoms with Gasteiger partial charge in [-0.25, -0.2) is 4.39 Å². The number of hydrogen-bond acceptors (Lipinski definition) is 4. The average molecular weight is 313 g/mol. The summed E-state index contributed by atoms with van der Waals surface area (Å²) >= 11 is 0. The molecule has 0 bridgehead atoms. The van der Waals surface area contributed by atoms with Crippen LogP contribution in [-0.2, 0) is 4.79 Å². The van der Waals surface area contributed by atoms with E-state index < -0.39 is 17.8 Å².